The van der Waals surface area contributed by atoms with Crippen molar-refractivity contribution in [1.29, 1.82) is 0 Å². The summed E-state index contributed by atoms with van der Waals surface area (Å²) in [6.45, 7) is 8.76. The fourth-order valence-corrected chi connectivity index (χ4v) is 3.84. The lowest BCUT2D eigenvalue weighted by Gasteiger charge is -2.51. The van der Waals surface area contributed by atoms with E-state index in [1.807, 2.05) is 0 Å². The minimum atomic E-state index is 0.616. The molecule has 1 aliphatic rings. The van der Waals surface area contributed by atoms with Gasteiger partial charge in [-0.15, -0.1) is 0 Å². The Morgan fingerprint density at radius 2 is 0.762 bits per heavy atom. The SMILES string of the molecule is CCCCB1N(C)B(CCCC)N(C)B(CCCC)N1C. The van der Waals surface area contributed by atoms with Gasteiger partial charge in [0.25, 0.3) is 20.9 Å². The summed E-state index contributed by atoms with van der Waals surface area (Å²) in [6.07, 6.45) is 11.8. The van der Waals surface area contributed by atoms with Crippen molar-refractivity contribution >= 4 is 20.9 Å². The van der Waals surface area contributed by atoms with Crippen LogP contribution in [0.25, 0.3) is 0 Å². The fraction of sp³-hybridized carbons (Fsp3) is 1.00. The first-order chi connectivity index (χ1) is 10.1. The molecular formula is C15H36B3N3. The molecule has 0 bridgehead atoms. The third-order valence-electron chi connectivity index (χ3n) is 5.27. The number of rotatable bonds is 9. The number of hydrogen-bond acceptors (Lipinski definition) is 3. The third-order valence-corrected chi connectivity index (χ3v) is 5.27. The first kappa shape index (κ1) is 19.1. The van der Waals surface area contributed by atoms with E-state index in [1.54, 1.807) is 0 Å². The van der Waals surface area contributed by atoms with E-state index in [-0.39, 0.29) is 0 Å². The van der Waals surface area contributed by atoms with Crippen molar-refractivity contribution < 1.29 is 0 Å². The van der Waals surface area contributed by atoms with Gasteiger partial charge in [0.2, 0.25) is 0 Å². The highest BCUT2D eigenvalue weighted by atomic mass is 15.3. The standard InChI is InChI=1S/C15H36B3N3/c1-7-10-13-16-19(4)17(14-11-8-2)21(6)18(20(16)5)15-12-9-3/h7-15H2,1-6H3. The van der Waals surface area contributed by atoms with Gasteiger partial charge in [-0.3, -0.25) is 0 Å². The molecule has 0 atom stereocenters. The highest BCUT2D eigenvalue weighted by Crippen LogP contribution is 2.25. The van der Waals surface area contributed by atoms with E-state index in [9.17, 15) is 0 Å². The van der Waals surface area contributed by atoms with Crippen LogP contribution >= 0.6 is 0 Å². The van der Waals surface area contributed by atoms with E-state index in [1.165, 1.54) is 57.5 Å². The molecule has 1 heterocycles. The largest absolute Gasteiger partial charge is 0.360 e. The second-order valence-corrected chi connectivity index (χ2v) is 6.86. The van der Waals surface area contributed by atoms with Crippen LogP contribution in [0, 0.1) is 0 Å². The maximum atomic E-state index is 2.63. The molecule has 0 aromatic heterocycles. The van der Waals surface area contributed by atoms with Crippen LogP contribution in [0.2, 0.25) is 19.0 Å². The lowest BCUT2D eigenvalue weighted by atomic mass is 9.40. The van der Waals surface area contributed by atoms with Crippen LogP contribution in [-0.2, 0) is 0 Å². The molecule has 0 unspecified atom stereocenters. The molecule has 0 spiro atoms. The van der Waals surface area contributed by atoms with Crippen LogP contribution in [0.1, 0.15) is 59.3 Å². The van der Waals surface area contributed by atoms with Gasteiger partial charge in [0, 0.05) is 0 Å². The summed E-state index contributed by atoms with van der Waals surface area (Å²) >= 11 is 0. The molecule has 3 nitrogen and oxygen atoms in total. The predicted molar refractivity (Wildman–Crippen MR) is 99.7 cm³/mol. The van der Waals surface area contributed by atoms with Gasteiger partial charge in [-0.25, -0.2) is 0 Å². The zero-order chi connectivity index (χ0) is 15.8. The Hall–Kier alpha value is 0.0748. The molecule has 1 fully saturated rings. The smallest absolute Gasteiger partial charge is 0.289 e. The maximum Gasteiger partial charge on any atom is 0.289 e. The second kappa shape index (κ2) is 9.96. The molecule has 1 aliphatic heterocycles. The third kappa shape index (κ3) is 5.04. The Labute approximate surface area is 135 Å². The van der Waals surface area contributed by atoms with E-state index in [4.69, 9.17) is 0 Å². The van der Waals surface area contributed by atoms with E-state index >= 15 is 0 Å². The van der Waals surface area contributed by atoms with Crippen molar-refractivity contribution in [2.75, 3.05) is 21.1 Å². The second-order valence-electron chi connectivity index (χ2n) is 6.86. The Morgan fingerprint density at radius 1 is 0.524 bits per heavy atom. The van der Waals surface area contributed by atoms with Crippen molar-refractivity contribution in [2.24, 2.45) is 0 Å². The summed E-state index contributed by atoms with van der Waals surface area (Å²) in [4.78, 5) is 0. The Bertz CT molecular complexity index is 226. The summed E-state index contributed by atoms with van der Waals surface area (Å²) in [5, 5.41) is 0. The molecule has 0 saturated carbocycles. The average molecular weight is 291 g/mol. The minimum absolute atomic E-state index is 0.616. The van der Waals surface area contributed by atoms with E-state index in [2.05, 4.69) is 56.1 Å². The summed E-state index contributed by atoms with van der Waals surface area (Å²) in [5.74, 6) is 0. The first-order valence-corrected chi connectivity index (χ1v) is 9.24. The van der Waals surface area contributed by atoms with Gasteiger partial charge in [-0.2, -0.15) is 0 Å². The maximum absolute atomic E-state index is 2.63. The Kier molecular flexibility index (Phi) is 9.07. The monoisotopic (exact) mass is 291 g/mol. The number of hydrogen-bond donors (Lipinski definition) is 0. The highest BCUT2D eigenvalue weighted by molar-refractivity contribution is 6.85. The molecule has 120 valence electrons. The lowest BCUT2D eigenvalue weighted by molar-refractivity contribution is 0.513. The average Bonchev–Trinajstić information content (AvgIpc) is 2.47. The van der Waals surface area contributed by atoms with Gasteiger partial charge in [0.15, 0.2) is 0 Å². The molecule has 0 aromatic carbocycles. The van der Waals surface area contributed by atoms with Crippen LogP contribution in [0.5, 0.6) is 0 Å². The van der Waals surface area contributed by atoms with Crippen molar-refractivity contribution in [3.8, 4) is 0 Å². The number of unbranched alkanes of at least 4 members (excludes halogenated alkanes) is 3. The predicted octanol–water partition coefficient (Wildman–Crippen LogP) is 3.66. The van der Waals surface area contributed by atoms with Gasteiger partial charge in [0.1, 0.15) is 0 Å². The quantitative estimate of drug-likeness (QED) is 0.600. The van der Waals surface area contributed by atoms with Gasteiger partial charge >= 0.3 is 0 Å². The van der Waals surface area contributed by atoms with E-state index < -0.39 is 0 Å². The van der Waals surface area contributed by atoms with Crippen LogP contribution < -0.4 is 0 Å². The molecule has 1 saturated heterocycles. The van der Waals surface area contributed by atoms with E-state index in [0.29, 0.717) is 20.9 Å². The summed E-state index contributed by atoms with van der Waals surface area (Å²) in [7, 11) is 7.01. The van der Waals surface area contributed by atoms with Crippen molar-refractivity contribution in [3.05, 3.63) is 0 Å². The summed E-state index contributed by atoms with van der Waals surface area (Å²) in [6, 6.07) is 0. The van der Waals surface area contributed by atoms with Crippen LogP contribution in [-0.4, -0.2) is 56.3 Å². The van der Waals surface area contributed by atoms with Gasteiger partial charge in [-0.1, -0.05) is 59.3 Å². The Balaban J connectivity index is 2.82. The molecule has 1 rings (SSSR count). The molecule has 0 radical (unpaired) electrons. The van der Waals surface area contributed by atoms with Crippen molar-refractivity contribution in [1.82, 2.24) is 14.2 Å². The minimum Gasteiger partial charge on any atom is -0.360 e. The topological polar surface area (TPSA) is 9.72 Å². The van der Waals surface area contributed by atoms with E-state index in [0.717, 1.165) is 0 Å². The molecule has 0 N–H and O–H groups in total. The molecule has 6 heteroatoms. The van der Waals surface area contributed by atoms with Gasteiger partial charge < -0.3 is 14.2 Å². The first-order valence-electron chi connectivity index (χ1n) is 9.24. The fourth-order valence-electron chi connectivity index (χ4n) is 3.84. The lowest BCUT2D eigenvalue weighted by Crippen LogP contribution is -2.74. The van der Waals surface area contributed by atoms with Crippen molar-refractivity contribution in [3.63, 3.8) is 0 Å². The normalized spacial score (nSPS) is 18.9. The summed E-state index contributed by atoms with van der Waals surface area (Å²) in [5.41, 5.74) is 0. The van der Waals surface area contributed by atoms with Gasteiger partial charge in [-0.05, 0) is 40.1 Å². The zero-order valence-electron chi connectivity index (χ0n) is 15.4. The van der Waals surface area contributed by atoms with Crippen molar-refractivity contribution in [2.45, 2.75) is 78.3 Å². The molecular weight excluding hydrogens is 255 g/mol. The summed E-state index contributed by atoms with van der Waals surface area (Å²) < 4.78 is 7.90. The molecule has 0 amide bonds. The van der Waals surface area contributed by atoms with Crippen LogP contribution in [0.15, 0.2) is 0 Å². The van der Waals surface area contributed by atoms with Gasteiger partial charge in [0.05, 0.1) is 0 Å². The highest BCUT2D eigenvalue weighted by Gasteiger charge is 2.46. The zero-order valence-corrected chi connectivity index (χ0v) is 15.4. The molecule has 0 aliphatic carbocycles. The number of nitrogens with zero attached hydrogens (tertiary/aromatic N) is 3. The Morgan fingerprint density at radius 3 is 0.952 bits per heavy atom. The van der Waals surface area contributed by atoms with Crippen LogP contribution in [0.4, 0.5) is 0 Å². The molecule has 0 aromatic rings. The molecule has 21 heavy (non-hydrogen) atoms. The van der Waals surface area contributed by atoms with Crippen LogP contribution in [0.3, 0.4) is 0 Å².